The third-order valence-corrected chi connectivity index (χ3v) is 4.36. The monoisotopic (exact) mass is 258 g/mol. The Kier molecular flexibility index (Phi) is 6.97. The molecular weight excluding hydrogens is 232 g/mol. The standard InChI is InChI=1S/C13H26N2OS/c1-10(4-3-5-11(2)14)13(16)15-12-6-8-17-9-7-12/h10-12H,3-9,14H2,1-2H3,(H,15,16). The van der Waals surface area contributed by atoms with Crippen LogP contribution < -0.4 is 11.1 Å². The molecule has 0 bridgehead atoms. The smallest absolute Gasteiger partial charge is 0.223 e. The van der Waals surface area contributed by atoms with Gasteiger partial charge in [0.1, 0.15) is 0 Å². The van der Waals surface area contributed by atoms with Crippen molar-refractivity contribution in [2.75, 3.05) is 11.5 Å². The van der Waals surface area contributed by atoms with Gasteiger partial charge >= 0.3 is 0 Å². The van der Waals surface area contributed by atoms with Gasteiger partial charge in [0.15, 0.2) is 0 Å². The van der Waals surface area contributed by atoms with Crippen molar-refractivity contribution in [3.05, 3.63) is 0 Å². The summed E-state index contributed by atoms with van der Waals surface area (Å²) >= 11 is 1.99. The van der Waals surface area contributed by atoms with Crippen molar-refractivity contribution in [3.63, 3.8) is 0 Å². The highest BCUT2D eigenvalue weighted by Gasteiger charge is 2.19. The summed E-state index contributed by atoms with van der Waals surface area (Å²) in [5.74, 6) is 2.73. The normalized spacial score (nSPS) is 20.9. The predicted octanol–water partition coefficient (Wildman–Crippen LogP) is 2.15. The Morgan fingerprint density at radius 2 is 2.00 bits per heavy atom. The van der Waals surface area contributed by atoms with Gasteiger partial charge in [-0.1, -0.05) is 13.3 Å². The minimum absolute atomic E-state index is 0.128. The van der Waals surface area contributed by atoms with E-state index < -0.39 is 0 Å². The van der Waals surface area contributed by atoms with E-state index in [2.05, 4.69) is 5.32 Å². The zero-order valence-corrected chi connectivity index (χ0v) is 11.9. The van der Waals surface area contributed by atoms with Crippen LogP contribution in [-0.4, -0.2) is 29.5 Å². The molecule has 1 saturated heterocycles. The Labute approximate surface area is 109 Å². The van der Waals surface area contributed by atoms with E-state index in [9.17, 15) is 4.79 Å². The predicted molar refractivity (Wildman–Crippen MR) is 75.2 cm³/mol. The van der Waals surface area contributed by atoms with Crippen LogP contribution in [0.2, 0.25) is 0 Å². The van der Waals surface area contributed by atoms with Crippen molar-refractivity contribution in [1.29, 1.82) is 0 Å². The molecule has 0 radical (unpaired) electrons. The summed E-state index contributed by atoms with van der Waals surface area (Å²) in [6.45, 7) is 4.04. The molecular formula is C13H26N2OS. The summed E-state index contributed by atoms with van der Waals surface area (Å²) in [5.41, 5.74) is 5.70. The summed E-state index contributed by atoms with van der Waals surface area (Å²) in [7, 11) is 0. The molecule has 1 amide bonds. The van der Waals surface area contributed by atoms with Crippen molar-refractivity contribution in [2.45, 2.75) is 58.0 Å². The molecule has 1 heterocycles. The largest absolute Gasteiger partial charge is 0.353 e. The Morgan fingerprint density at radius 1 is 1.35 bits per heavy atom. The van der Waals surface area contributed by atoms with Crippen molar-refractivity contribution in [3.8, 4) is 0 Å². The first-order chi connectivity index (χ1) is 8.09. The van der Waals surface area contributed by atoms with Crippen LogP contribution in [0.4, 0.5) is 0 Å². The molecule has 4 heteroatoms. The highest BCUT2D eigenvalue weighted by atomic mass is 32.2. The average Bonchev–Trinajstić information content (AvgIpc) is 2.29. The molecule has 17 heavy (non-hydrogen) atoms. The lowest BCUT2D eigenvalue weighted by Crippen LogP contribution is -2.40. The number of thioether (sulfide) groups is 1. The van der Waals surface area contributed by atoms with Gasteiger partial charge in [-0.2, -0.15) is 11.8 Å². The maximum atomic E-state index is 11.9. The molecule has 0 spiro atoms. The minimum atomic E-state index is 0.128. The first-order valence-electron chi connectivity index (χ1n) is 6.73. The lowest BCUT2D eigenvalue weighted by atomic mass is 10.0. The van der Waals surface area contributed by atoms with Gasteiger partial charge in [-0.3, -0.25) is 4.79 Å². The Hall–Kier alpha value is -0.220. The van der Waals surface area contributed by atoms with Crippen LogP contribution in [0, 0.1) is 5.92 Å². The number of nitrogens with two attached hydrogens (primary N) is 1. The highest BCUT2D eigenvalue weighted by molar-refractivity contribution is 7.99. The number of nitrogens with one attached hydrogen (secondary N) is 1. The van der Waals surface area contributed by atoms with E-state index in [1.54, 1.807) is 0 Å². The van der Waals surface area contributed by atoms with Crippen LogP contribution in [0.25, 0.3) is 0 Å². The SMILES string of the molecule is CC(N)CCCC(C)C(=O)NC1CCSCC1. The summed E-state index contributed by atoms with van der Waals surface area (Å²) in [4.78, 5) is 11.9. The second-order valence-corrected chi connectivity index (χ2v) is 6.43. The summed E-state index contributed by atoms with van der Waals surface area (Å²) in [5, 5.41) is 3.17. The summed E-state index contributed by atoms with van der Waals surface area (Å²) in [6.07, 6.45) is 5.27. The molecule has 3 N–H and O–H groups in total. The molecule has 100 valence electrons. The number of amides is 1. The molecule has 0 aromatic heterocycles. The van der Waals surface area contributed by atoms with Crippen LogP contribution >= 0.6 is 11.8 Å². The molecule has 0 aromatic rings. The number of carbonyl (C=O) groups is 1. The lowest BCUT2D eigenvalue weighted by Gasteiger charge is -2.24. The van der Waals surface area contributed by atoms with E-state index in [0.29, 0.717) is 6.04 Å². The van der Waals surface area contributed by atoms with Crippen LogP contribution in [0.5, 0.6) is 0 Å². The maximum absolute atomic E-state index is 11.9. The van der Waals surface area contributed by atoms with Gasteiger partial charge in [0.25, 0.3) is 0 Å². The molecule has 2 unspecified atom stereocenters. The first kappa shape index (κ1) is 14.8. The number of hydrogen-bond donors (Lipinski definition) is 2. The molecule has 0 saturated carbocycles. The second kappa shape index (κ2) is 7.98. The Balaban J connectivity index is 2.16. The van der Waals surface area contributed by atoms with E-state index in [1.165, 1.54) is 11.5 Å². The van der Waals surface area contributed by atoms with Gasteiger partial charge in [-0.15, -0.1) is 0 Å². The molecule has 3 nitrogen and oxygen atoms in total. The fourth-order valence-corrected chi connectivity index (χ4v) is 3.17. The van der Waals surface area contributed by atoms with Crippen LogP contribution in [0.15, 0.2) is 0 Å². The van der Waals surface area contributed by atoms with Gasteiger partial charge in [0.05, 0.1) is 0 Å². The molecule has 0 aliphatic carbocycles. The van der Waals surface area contributed by atoms with Crippen molar-refractivity contribution < 1.29 is 4.79 Å². The Morgan fingerprint density at radius 3 is 2.59 bits per heavy atom. The minimum Gasteiger partial charge on any atom is -0.353 e. The van der Waals surface area contributed by atoms with Crippen LogP contribution in [0.1, 0.15) is 46.0 Å². The third-order valence-electron chi connectivity index (χ3n) is 3.31. The van der Waals surface area contributed by atoms with Crippen LogP contribution in [-0.2, 0) is 4.79 Å². The van der Waals surface area contributed by atoms with E-state index in [4.69, 9.17) is 5.73 Å². The third kappa shape index (κ3) is 6.32. The topological polar surface area (TPSA) is 55.1 Å². The molecule has 0 aromatic carbocycles. The highest BCUT2D eigenvalue weighted by Crippen LogP contribution is 2.18. The van der Waals surface area contributed by atoms with Crippen molar-refractivity contribution in [2.24, 2.45) is 11.7 Å². The lowest BCUT2D eigenvalue weighted by molar-refractivity contribution is -0.125. The van der Waals surface area contributed by atoms with Crippen molar-refractivity contribution >= 4 is 17.7 Å². The van der Waals surface area contributed by atoms with E-state index in [1.807, 2.05) is 25.6 Å². The van der Waals surface area contributed by atoms with Gasteiger partial charge in [0.2, 0.25) is 5.91 Å². The number of rotatable bonds is 6. The quantitative estimate of drug-likeness (QED) is 0.767. The van der Waals surface area contributed by atoms with E-state index in [0.717, 1.165) is 32.1 Å². The van der Waals surface area contributed by atoms with Gasteiger partial charge in [0, 0.05) is 18.0 Å². The van der Waals surface area contributed by atoms with Crippen LogP contribution in [0.3, 0.4) is 0 Å². The number of hydrogen-bond acceptors (Lipinski definition) is 3. The van der Waals surface area contributed by atoms with E-state index >= 15 is 0 Å². The van der Waals surface area contributed by atoms with Crippen molar-refractivity contribution in [1.82, 2.24) is 5.32 Å². The molecule has 1 aliphatic heterocycles. The molecule has 2 atom stereocenters. The number of carbonyl (C=O) groups excluding carboxylic acids is 1. The average molecular weight is 258 g/mol. The fraction of sp³-hybridized carbons (Fsp3) is 0.923. The van der Waals surface area contributed by atoms with E-state index in [-0.39, 0.29) is 17.9 Å². The molecule has 1 aliphatic rings. The van der Waals surface area contributed by atoms with Gasteiger partial charge < -0.3 is 11.1 Å². The molecule has 1 rings (SSSR count). The second-order valence-electron chi connectivity index (χ2n) is 5.20. The zero-order valence-electron chi connectivity index (χ0n) is 11.1. The molecule has 1 fully saturated rings. The summed E-state index contributed by atoms with van der Waals surface area (Å²) in [6, 6.07) is 0.667. The zero-order chi connectivity index (χ0) is 12.7. The van der Waals surface area contributed by atoms with Gasteiger partial charge in [-0.05, 0) is 44.1 Å². The van der Waals surface area contributed by atoms with Gasteiger partial charge in [-0.25, -0.2) is 0 Å². The first-order valence-corrected chi connectivity index (χ1v) is 7.88. The maximum Gasteiger partial charge on any atom is 0.223 e. The Bertz CT molecular complexity index is 227. The summed E-state index contributed by atoms with van der Waals surface area (Å²) < 4.78 is 0. The fourth-order valence-electron chi connectivity index (χ4n) is 2.06.